The Hall–Kier alpha value is -3.86. The van der Waals surface area contributed by atoms with Gasteiger partial charge >= 0.3 is 0 Å². The van der Waals surface area contributed by atoms with Crippen molar-refractivity contribution in [2.45, 2.75) is 6.92 Å². The minimum absolute atomic E-state index is 0.112. The molecule has 1 heterocycles. The number of nitrogens with zero attached hydrogens (tertiary/aromatic N) is 2. The molecule has 1 aromatic heterocycles. The van der Waals surface area contributed by atoms with E-state index in [1.807, 2.05) is 85.8 Å². The standard InChI is InChI=1S/C25H22N2O3/c1-3-30-21-15-11-19(12-16-21)27-24(17-10-18-8-13-20(29-2)14-9-18)26-23-7-5-4-6-22(23)25(27)28/h4-17H,3H2,1-2H3. The van der Waals surface area contributed by atoms with Gasteiger partial charge in [-0.25, -0.2) is 4.98 Å². The summed E-state index contributed by atoms with van der Waals surface area (Å²) in [4.78, 5) is 18.0. The highest BCUT2D eigenvalue weighted by atomic mass is 16.5. The fraction of sp³-hybridized carbons (Fsp3) is 0.120. The van der Waals surface area contributed by atoms with Gasteiger partial charge in [0.2, 0.25) is 0 Å². The molecule has 0 saturated carbocycles. The zero-order valence-corrected chi connectivity index (χ0v) is 16.9. The minimum Gasteiger partial charge on any atom is -0.497 e. The van der Waals surface area contributed by atoms with Gasteiger partial charge in [0.15, 0.2) is 0 Å². The van der Waals surface area contributed by atoms with E-state index in [1.54, 1.807) is 17.7 Å². The third-order valence-electron chi connectivity index (χ3n) is 4.75. The second kappa shape index (κ2) is 8.66. The molecule has 0 N–H and O–H groups in total. The molecule has 0 fully saturated rings. The Bertz CT molecular complexity index is 1240. The van der Waals surface area contributed by atoms with Gasteiger partial charge in [-0.15, -0.1) is 0 Å². The van der Waals surface area contributed by atoms with Crippen molar-refractivity contribution in [1.29, 1.82) is 0 Å². The highest BCUT2D eigenvalue weighted by Crippen LogP contribution is 2.19. The summed E-state index contributed by atoms with van der Waals surface area (Å²) in [5, 5.41) is 0.577. The predicted molar refractivity (Wildman–Crippen MR) is 120 cm³/mol. The molecule has 0 amide bonds. The van der Waals surface area contributed by atoms with Crippen LogP contribution in [0.4, 0.5) is 0 Å². The number of benzene rings is 3. The van der Waals surface area contributed by atoms with E-state index in [1.165, 1.54) is 0 Å². The fourth-order valence-electron chi connectivity index (χ4n) is 3.26. The number of hydrogen-bond acceptors (Lipinski definition) is 4. The first kappa shape index (κ1) is 19.5. The number of rotatable bonds is 6. The molecule has 3 aromatic carbocycles. The van der Waals surface area contributed by atoms with Crippen LogP contribution >= 0.6 is 0 Å². The van der Waals surface area contributed by atoms with Crippen molar-refractivity contribution < 1.29 is 9.47 Å². The van der Waals surface area contributed by atoms with Crippen LogP contribution in [0.15, 0.2) is 77.6 Å². The molecule has 5 nitrogen and oxygen atoms in total. The van der Waals surface area contributed by atoms with Crippen molar-refractivity contribution in [3.63, 3.8) is 0 Å². The zero-order chi connectivity index (χ0) is 20.9. The first-order valence-corrected chi connectivity index (χ1v) is 9.77. The Morgan fingerprint density at radius 2 is 1.60 bits per heavy atom. The Labute approximate surface area is 174 Å². The van der Waals surface area contributed by atoms with Gasteiger partial charge in [-0.2, -0.15) is 0 Å². The Balaban J connectivity index is 1.83. The monoisotopic (exact) mass is 398 g/mol. The first-order valence-electron chi connectivity index (χ1n) is 9.77. The predicted octanol–water partition coefficient (Wildman–Crippen LogP) is 4.96. The molecule has 0 aliphatic carbocycles. The van der Waals surface area contributed by atoms with E-state index >= 15 is 0 Å². The average molecular weight is 398 g/mol. The van der Waals surface area contributed by atoms with Crippen LogP contribution in [0.25, 0.3) is 28.7 Å². The fourth-order valence-corrected chi connectivity index (χ4v) is 3.26. The summed E-state index contributed by atoms with van der Waals surface area (Å²) < 4.78 is 12.4. The summed E-state index contributed by atoms with van der Waals surface area (Å²) in [6.45, 7) is 2.53. The van der Waals surface area contributed by atoms with Crippen molar-refractivity contribution in [2.24, 2.45) is 0 Å². The van der Waals surface area contributed by atoms with Crippen LogP contribution in [0, 0.1) is 0 Å². The largest absolute Gasteiger partial charge is 0.497 e. The SMILES string of the molecule is CCOc1ccc(-n2c(C=Cc3ccc(OC)cc3)nc3ccccc3c2=O)cc1. The number of fused-ring (bicyclic) bond motifs is 1. The molecule has 0 spiro atoms. The lowest BCUT2D eigenvalue weighted by atomic mass is 10.2. The van der Waals surface area contributed by atoms with Crippen LogP contribution in [-0.4, -0.2) is 23.3 Å². The average Bonchev–Trinajstić information content (AvgIpc) is 2.79. The van der Waals surface area contributed by atoms with Crippen molar-refractivity contribution in [1.82, 2.24) is 9.55 Å². The Kier molecular flexibility index (Phi) is 5.61. The van der Waals surface area contributed by atoms with Gasteiger partial charge in [-0.1, -0.05) is 30.3 Å². The van der Waals surface area contributed by atoms with Crippen molar-refractivity contribution in [3.8, 4) is 17.2 Å². The Morgan fingerprint density at radius 3 is 2.30 bits per heavy atom. The number of para-hydroxylation sites is 1. The van der Waals surface area contributed by atoms with E-state index in [-0.39, 0.29) is 5.56 Å². The molecule has 150 valence electrons. The molecule has 4 rings (SSSR count). The molecule has 30 heavy (non-hydrogen) atoms. The lowest BCUT2D eigenvalue weighted by Gasteiger charge is -2.12. The maximum atomic E-state index is 13.3. The Morgan fingerprint density at radius 1 is 0.900 bits per heavy atom. The highest BCUT2D eigenvalue weighted by molar-refractivity contribution is 5.80. The normalized spacial score (nSPS) is 11.1. The summed E-state index contributed by atoms with van der Waals surface area (Å²) in [6.07, 6.45) is 3.78. The van der Waals surface area contributed by atoms with Crippen molar-refractivity contribution >= 4 is 23.1 Å². The van der Waals surface area contributed by atoms with Gasteiger partial charge in [0.25, 0.3) is 5.56 Å². The molecule has 0 aliphatic heterocycles. The van der Waals surface area contributed by atoms with Crippen molar-refractivity contribution in [3.05, 3.63) is 94.5 Å². The zero-order valence-electron chi connectivity index (χ0n) is 16.9. The summed E-state index contributed by atoms with van der Waals surface area (Å²) in [5.41, 5.74) is 2.27. The van der Waals surface area contributed by atoms with Gasteiger partial charge in [0.1, 0.15) is 17.3 Å². The summed E-state index contributed by atoms with van der Waals surface area (Å²) in [5.74, 6) is 2.11. The quantitative estimate of drug-likeness (QED) is 0.460. The minimum atomic E-state index is -0.112. The lowest BCUT2D eigenvalue weighted by molar-refractivity contribution is 0.340. The highest BCUT2D eigenvalue weighted by Gasteiger charge is 2.11. The van der Waals surface area contributed by atoms with E-state index in [9.17, 15) is 4.79 Å². The molecule has 0 aliphatic rings. The molecular formula is C25H22N2O3. The van der Waals surface area contributed by atoms with E-state index in [0.29, 0.717) is 23.3 Å². The number of hydrogen-bond donors (Lipinski definition) is 0. The van der Waals surface area contributed by atoms with E-state index in [4.69, 9.17) is 14.5 Å². The van der Waals surface area contributed by atoms with E-state index in [2.05, 4.69) is 0 Å². The molecular weight excluding hydrogens is 376 g/mol. The van der Waals surface area contributed by atoms with E-state index < -0.39 is 0 Å². The smallest absolute Gasteiger partial charge is 0.266 e. The number of aromatic nitrogens is 2. The molecule has 0 unspecified atom stereocenters. The summed E-state index contributed by atoms with van der Waals surface area (Å²) in [6, 6.07) is 22.5. The maximum Gasteiger partial charge on any atom is 0.266 e. The van der Waals surface area contributed by atoms with Gasteiger partial charge < -0.3 is 9.47 Å². The number of methoxy groups -OCH3 is 1. The van der Waals surface area contributed by atoms with Gasteiger partial charge in [0, 0.05) is 0 Å². The maximum absolute atomic E-state index is 13.3. The molecule has 0 bridgehead atoms. The molecule has 4 aromatic rings. The third kappa shape index (κ3) is 3.96. The molecule has 0 radical (unpaired) electrons. The molecule has 0 saturated heterocycles. The van der Waals surface area contributed by atoms with Crippen LogP contribution in [0.3, 0.4) is 0 Å². The second-order valence-electron chi connectivity index (χ2n) is 6.66. The van der Waals surface area contributed by atoms with Gasteiger partial charge in [-0.05, 0) is 67.1 Å². The molecule has 0 atom stereocenters. The van der Waals surface area contributed by atoms with Crippen LogP contribution in [0.1, 0.15) is 18.3 Å². The van der Waals surface area contributed by atoms with Crippen LogP contribution < -0.4 is 15.0 Å². The second-order valence-corrected chi connectivity index (χ2v) is 6.66. The summed E-state index contributed by atoms with van der Waals surface area (Å²) in [7, 11) is 1.64. The third-order valence-corrected chi connectivity index (χ3v) is 4.75. The number of ether oxygens (including phenoxy) is 2. The van der Waals surface area contributed by atoms with Crippen molar-refractivity contribution in [2.75, 3.05) is 13.7 Å². The van der Waals surface area contributed by atoms with E-state index in [0.717, 1.165) is 22.7 Å². The van der Waals surface area contributed by atoms with Crippen LogP contribution in [0.2, 0.25) is 0 Å². The van der Waals surface area contributed by atoms with Crippen LogP contribution in [-0.2, 0) is 0 Å². The lowest BCUT2D eigenvalue weighted by Crippen LogP contribution is -2.22. The summed E-state index contributed by atoms with van der Waals surface area (Å²) >= 11 is 0. The first-order chi connectivity index (χ1) is 14.7. The van der Waals surface area contributed by atoms with Crippen LogP contribution in [0.5, 0.6) is 11.5 Å². The van der Waals surface area contributed by atoms with Gasteiger partial charge in [-0.3, -0.25) is 9.36 Å². The molecule has 5 heteroatoms. The topological polar surface area (TPSA) is 53.4 Å². The van der Waals surface area contributed by atoms with Gasteiger partial charge in [0.05, 0.1) is 30.3 Å².